The van der Waals surface area contributed by atoms with Gasteiger partial charge in [0.1, 0.15) is 0 Å². The fraction of sp³-hybridized carbons (Fsp3) is 0.882. The van der Waals surface area contributed by atoms with Crippen LogP contribution in [0.5, 0.6) is 0 Å². The molecule has 1 N–H and O–H groups in total. The molecule has 0 saturated heterocycles. The van der Waals surface area contributed by atoms with Gasteiger partial charge >= 0.3 is 0 Å². The van der Waals surface area contributed by atoms with Crippen molar-refractivity contribution in [2.75, 3.05) is 6.54 Å². The molecule has 0 amide bonds. The van der Waals surface area contributed by atoms with Crippen LogP contribution in [0.25, 0.3) is 0 Å². The van der Waals surface area contributed by atoms with Crippen LogP contribution in [0.15, 0.2) is 6.20 Å². The van der Waals surface area contributed by atoms with Gasteiger partial charge in [-0.1, -0.05) is 12.1 Å². The number of nitrogens with zero attached hydrogens (tertiary/aromatic N) is 3. The van der Waals surface area contributed by atoms with E-state index in [1.807, 2.05) is 17.9 Å². The zero-order chi connectivity index (χ0) is 14.4. The maximum atomic E-state index is 4.18. The number of aryl methyl sites for hydroxylation is 1. The molecule has 4 aliphatic rings. The summed E-state index contributed by atoms with van der Waals surface area (Å²) in [6.07, 6.45) is 10.6. The molecule has 1 atom stereocenters. The molecule has 21 heavy (non-hydrogen) atoms. The smallest absolute Gasteiger partial charge is 0.0756 e. The van der Waals surface area contributed by atoms with Crippen LogP contribution in [0.4, 0.5) is 0 Å². The molecule has 4 aliphatic carbocycles. The summed E-state index contributed by atoms with van der Waals surface area (Å²) < 4.78 is 1.98. The molecule has 4 nitrogen and oxygen atoms in total. The molecule has 4 heteroatoms. The largest absolute Gasteiger partial charge is 0.308 e. The summed E-state index contributed by atoms with van der Waals surface area (Å²) in [5.74, 6) is 4.76. The van der Waals surface area contributed by atoms with Gasteiger partial charge in [0.15, 0.2) is 0 Å². The Morgan fingerprint density at radius 2 is 1.86 bits per heavy atom. The Kier molecular flexibility index (Phi) is 3.52. The minimum atomic E-state index is 0.458. The number of hydrogen-bond donors (Lipinski definition) is 1. The molecule has 4 bridgehead atoms. The van der Waals surface area contributed by atoms with Crippen molar-refractivity contribution in [3.05, 3.63) is 11.9 Å². The third-order valence-corrected chi connectivity index (χ3v) is 6.37. The maximum Gasteiger partial charge on any atom is 0.0756 e. The van der Waals surface area contributed by atoms with Crippen molar-refractivity contribution in [1.82, 2.24) is 20.3 Å². The predicted octanol–water partition coefficient (Wildman–Crippen LogP) is 2.93. The Balaban J connectivity index is 1.62. The molecular weight excluding hydrogens is 260 g/mol. The molecular formula is C17H28N4. The molecule has 4 fully saturated rings. The molecule has 5 rings (SSSR count). The second-order valence-corrected chi connectivity index (χ2v) is 7.72. The first-order valence-electron chi connectivity index (χ1n) is 8.84. The van der Waals surface area contributed by atoms with Crippen molar-refractivity contribution >= 4 is 0 Å². The van der Waals surface area contributed by atoms with Gasteiger partial charge in [-0.25, -0.2) is 0 Å². The number of rotatable bonds is 5. The van der Waals surface area contributed by atoms with Crippen molar-refractivity contribution < 1.29 is 0 Å². The van der Waals surface area contributed by atoms with E-state index in [-0.39, 0.29) is 0 Å². The first-order chi connectivity index (χ1) is 10.3. The van der Waals surface area contributed by atoms with Crippen molar-refractivity contribution in [2.24, 2.45) is 36.6 Å². The van der Waals surface area contributed by atoms with Crippen LogP contribution in [0, 0.1) is 29.6 Å². The summed E-state index contributed by atoms with van der Waals surface area (Å²) in [6.45, 7) is 3.35. The Hall–Kier alpha value is -0.900. The van der Waals surface area contributed by atoms with Gasteiger partial charge < -0.3 is 5.32 Å². The maximum absolute atomic E-state index is 4.18. The molecule has 1 heterocycles. The minimum Gasteiger partial charge on any atom is -0.308 e. The van der Waals surface area contributed by atoms with Crippen LogP contribution in [0.2, 0.25) is 0 Å². The lowest BCUT2D eigenvalue weighted by molar-refractivity contribution is -0.0535. The summed E-state index contributed by atoms with van der Waals surface area (Å²) in [5.41, 5.74) is 1.29. The van der Waals surface area contributed by atoms with Crippen molar-refractivity contribution in [3.8, 4) is 0 Å². The lowest BCUT2D eigenvalue weighted by atomic mass is 9.50. The van der Waals surface area contributed by atoms with Crippen LogP contribution < -0.4 is 5.32 Å². The SMILES string of the molecule is CCCNC(c1cnnn1C)C1C2CC3CC(C2)CC1C3. The van der Waals surface area contributed by atoms with Gasteiger partial charge in [0.2, 0.25) is 0 Å². The first-order valence-corrected chi connectivity index (χ1v) is 8.84. The van der Waals surface area contributed by atoms with E-state index in [4.69, 9.17) is 0 Å². The van der Waals surface area contributed by atoms with Gasteiger partial charge in [-0.05, 0) is 74.7 Å². The van der Waals surface area contributed by atoms with E-state index in [0.717, 1.165) is 36.1 Å². The highest BCUT2D eigenvalue weighted by Gasteiger charge is 2.51. The van der Waals surface area contributed by atoms with E-state index in [9.17, 15) is 0 Å². The van der Waals surface area contributed by atoms with E-state index >= 15 is 0 Å². The molecule has 1 unspecified atom stereocenters. The van der Waals surface area contributed by atoms with Gasteiger partial charge in [0.05, 0.1) is 17.9 Å². The fourth-order valence-electron chi connectivity index (χ4n) is 5.83. The molecule has 0 radical (unpaired) electrons. The molecule has 1 aromatic rings. The van der Waals surface area contributed by atoms with Crippen molar-refractivity contribution in [1.29, 1.82) is 0 Å². The summed E-state index contributed by atoms with van der Waals surface area (Å²) in [4.78, 5) is 0. The summed E-state index contributed by atoms with van der Waals surface area (Å²) in [5, 5.41) is 12.2. The minimum absolute atomic E-state index is 0.458. The summed E-state index contributed by atoms with van der Waals surface area (Å²) in [7, 11) is 2.04. The van der Waals surface area contributed by atoms with E-state index in [0.29, 0.717) is 6.04 Å². The quantitative estimate of drug-likeness (QED) is 0.906. The average Bonchev–Trinajstić information content (AvgIpc) is 2.87. The highest BCUT2D eigenvalue weighted by Crippen LogP contribution is 2.59. The summed E-state index contributed by atoms with van der Waals surface area (Å²) >= 11 is 0. The Morgan fingerprint density at radius 1 is 1.19 bits per heavy atom. The monoisotopic (exact) mass is 288 g/mol. The Morgan fingerprint density at radius 3 is 2.38 bits per heavy atom. The lowest BCUT2D eigenvalue weighted by Gasteiger charge is -2.56. The van der Waals surface area contributed by atoms with E-state index < -0.39 is 0 Å². The van der Waals surface area contributed by atoms with E-state index in [1.54, 1.807) is 0 Å². The second kappa shape index (κ2) is 5.38. The van der Waals surface area contributed by atoms with Gasteiger partial charge in [0, 0.05) is 7.05 Å². The number of hydrogen-bond acceptors (Lipinski definition) is 3. The van der Waals surface area contributed by atoms with Gasteiger partial charge in [0.25, 0.3) is 0 Å². The molecule has 0 aromatic carbocycles. The fourth-order valence-corrected chi connectivity index (χ4v) is 5.83. The third kappa shape index (κ3) is 2.32. The van der Waals surface area contributed by atoms with E-state index in [2.05, 4.69) is 22.6 Å². The topological polar surface area (TPSA) is 42.7 Å². The van der Waals surface area contributed by atoms with Gasteiger partial charge in [-0.3, -0.25) is 4.68 Å². The third-order valence-electron chi connectivity index (χ3n) is 6.37. The lowest BCUT2D eigenvalue weighted by Crippen LogP contribution is -2.50. The number of aromatic nitrogens is 3. The van der Waals surface area contributed by atoms with Gasteiger partial charge in [-0.15, -0.1) is 5.10 Å². The van der Waals surface area contributed by atoms with Crippen LogP contribution in [-0.2, 0) is 7.05 Å². The van der Waals surface area contributed by atoms with Crippen LogP contribution in [0.1, 0.15) is 57.2 Å². The van der Waals surface area contributed by atoms with Crippen LogP contribution in [-0.4, -0.2) is 21.5 Å². The first kappa shape index (κ1) is 13.7. The second-order valence-electron chi connectivity index (χ2n) is 7.72. The van der Waals surface area contributed by atoms with Gasteiger partial charge in [-0.2, -0.15) is 0 Å². The number of nitrogens with one attached hydrogen (secondary N) is 1. The molecule has 1 aromatic heterocycles. The van der Waals surface area contributed by atoms with Crippen LogP contribution in [0.3, 0.4) is 0 Å². The summed E-state index contributed by atoms with van der Waals surface area (Å²) in [6, 6.07) is 0.458. The van der Waals surface area contributed by atoms with Crippen LogP contribution >= 0.6 is 0 Å². The highest BCUT2D eigenvalue weighted by molar-refractivity contribution is 5.10. The van der Waals surface area contributed by atoms with E-state index in [1.165, 1.54) is 44.2 Å². The zero-order valence-electron chi connectivity index (χ0n) is 13.3. The molecule has 0 aliphatic heterocycles. The normalized spacial score (nSPS) is 38.9. The molecule has 0 spiro atoms. The molecule has 116 valence electrons. The Labute approximate surface area is 127 Å². The zero-order valence-corrected chi connectivity index (χ0v) is 13.3. The highest BCUT2D eigenvalue weighted by atomic mass is 15.4. The predicted molar refractivity (Wildman–Crippen MR) is 82.6 cm³/mol. The molecule has 4 saturated carbocycles. The standard InChI is InChI=1S/C17H28N4/c1-3-4-18-17(15-10-19-20-21(15)2)16-13-6-11-5-12(8-13)9-14(16)7-11/h10-14,16-18H,3-9H2,1-2H3. The Bertz CT molecular complexity index is 467. The van der Waals surface area contributed by atoms with Crippen molar-refractivity contribution in [3.63, 3.8) is 0 Å². The average molecular weight is 288 g/mol. The van der Waals surface area contributed by atoms with Crippen molar-refractivity contribution in [2.45, 2.75) is 51.5 Å².